The summed E-state index contributed by atoms with van der Waals surface area (Å²) in [6.07, 6.45) is -3.01. The van der Waals surface area contributed by atoms with E-state index in [9.17, 15) is 13.2 Å². The van der Waals surface area contributed by atoms with Crippen LogP contribution in [-0.2, 0) is 6.18 Å². The van der Waals surface area contributed by atoms with Crippen molar-refractivity contribution in [3.8, 4) is 11.8 Å². The van der Waals surface area contributed by atoms with Crippen LogP contribution in [0.4, 0.5) is 13.2 Å². The van der Waals surface area contributed by atoms with E-state index in [1.54, 1.807) is 6.07 Å². The molecular weight excluding hydrogens is 219 g/mol. The van der Waals surface area contributed by atoms with Crippen molar-refractivity contribution in [1.82, 2.24) is 0 Å². The third kappa shape index (κ3) is 2.76. The number of alkyl halides is 3. The molecule has 0 saturated heterocycles. The van der Waals surface area contributed by atoms with Crippen LogP contribution >= 0.6 is 0 Å². The second kappa shape index (κ2) is 4.71. The molecule has 0 aliphatic carbocycles. The topological polar surface area (TPSA) is 33.0 Å². The van der Waals surface area contributed by atoms with Crippen LogP contribution in [0.3, 0.4) is 0 Å². The van der Waals surface area contributed by atoms with Gasteiger partial charge in [0.2, 0.25) is 0 Å². The number of rotatable bonds is 3. The van der Waals surface area contributed by atoms with Crippen LogP contribution in [0.25, 0.3) is 0 Å². The van der Waals surface area contributed by atoms with Crippen molar-refractivity contribution >= 4 is 0 Å². The molecule has 0 aliphatic rings. The quantitative estimate of drug-likeness (QED) is 0.743. The predicted molar refractivity (Wildman–Crippen MR) is 51.9 cm³/mol. The molecule has 2 nitrogen and oxygen atoms in total. The summed E-state index contributed by atoms with van der Waals surface area (Å²) in [5.74, 6) is 0.121. The van der Waals surface area contributed by atoms with E-state index in [4.69, 9.17) is 10.00 Å². The number of nitrogens with zero attached hydrogens (tertiary/aromatic N) is 1. The van der Waals surface area contributed by atoms with Crippen molar-refractivity contribution in [2.24, 2.45) is 0 Å². The molecule has 0 radical (unpaired) electrons. The summed E-state index contributed by atoms with van der Waals surface area (Å²) < 4.78 is 42.0. The lowest BCUT2D eigenvalue weighted by Gasteiger charge is -2.09. The van der Waals surface area contributed by atoms with Gasteiger partial charge in [0.25, 0.3) is 0 Å². The van der Waals surface area contributed by atoms with Gasteiger partial charge in [0.05, 0.1) is 11.1 Å². The Hall–Kier alpha value is -1.96. The van der Waals surface area contributed by atoms with Gasteiger partial charge in [-0.15, -0.1) is 0 Å². The molecule has 0 fully saturated rings. The van der Waals surface area contributed by atoms with Gasteiger partial charge in [-0.05, 0) is 18.2 Å². The van der Waals surface area contributed by atoms with Gasteiger partial charge in [-0.3, -0.25) is 0 Å². The summed E-state index contributed by atoms with van der Waals surface area (Å²) in [6.45, 7) is 3.54. The average Bonchev–Trinajstić information content (AvgIpc) is 2.24. The zero-order chi connectivity index (χ0) is 12.2. The summed E-state index contributed by atoms with van der Waals surface area (Å²) >= 11 is 0. The lowest BCUT2D eigenvalue weighted by Crippen LogP contribution is -2.06. The van der Waals surface area contributed by atoms with Crippen LogP contribution in [0.1, 0.15) is 11.1 Å². The molecular formula is C11H8F3NO. The fourth-order valence-corrected chi connectivity index (χ4v) is 1.07. The largest absolute Gasteiger partial charge is 0.488 e. The molecule has 0 aliphatic heterocycles. The molecule has 1 aromatic carbocycles. The first-order chi connectivity index (χ1) is 7.49. The van der Waals surface area contributed by atoms with Crippen LogP contribution in [0.2, 0.25) is 0 Å². The van der Waals surface area contributed by atoms with Gasteiger partial charge >= 0.3 is 6.18 Å². The van der Waals surface area contributed by atoms with Crippen LogP contribution in [0.15, 0.2) is 30.9 Å². The van der Waals surface area contributed by atoms with E-state index in [0.29, 0.717) is 0 Å². The van der Waals surface area contributed by atoms with E-state index >= 15 is 0 Å². The van der Waals surface area contributed by atoms with E-state index in [-0.39, 0.29) is 17.9 Å². The number of benzene rings is 1. The van der Waals surface area contributed by atoms with E-state index in [0.717, 1.165) is 18.2 Å². The zero-order valence-electron chi connectivity index (χ0n) is 8.21. The fraction of sp³-hybridized carbons (Fsp3) is 0.182. The Morgan fingerprint density at radius 1 is 1.44 bits per heavy atom. The van der Waals surface area contributed by atoms with Gasteiger partial charge < -0.3 is 4.74 Å². The molecule has 0 bridgehead atoms. The molecule has 0 saturated carbocycles. The Morgan fingerprint density at radius 2 is 2.12 bits per heavy atom. The molecule has 84 valence electrons. The van der Waals surface area contributed by atoms with Crippen LogP contribution in [-0.4, -0.2) is 6.61 Å². The molecule has 0 atom stereocenters. The Bertz CT molecular complexity index is 432. The molecule has 0 heterocycles. The van der Waals surface area contributed by atoms with Crippen LogP contribution < -0.4 is 4.74 Å². The summed E-state index contributed by atoms with van der Waals surface area (Å²) in [4.78, 5) is 0. The predicted octanol–water partition coefficient (Wildman–Crippen LogP) is 3.14. The molecule has 0 amide bonds. The molecule has 1 aromatic rings. The van der Waals surface area contributed by atoms with Gasteiger partial charge in [-0.2, -0.15) is 18.4 Å². The van der Waals surface area contributed by atoms with Crippen molar-refractivity contribution in [3.05, 3.63) is 42.0 Å². The highest BCUT2D eigenvalue weighted by Crippen LogP contribution is 2.32. The van der Waals surface area contributed by atoms with Gasteiger partial charge in [-0.1, -0.05) is 12.7 Å². The maximum Gasteiger partial charge on any atom is 0.416 e. The highest BCUT2D eigenvalue weighted by Gasteiger charge is 2.31. The van der Waals surface area contributed by atoms with Crippen LogP contribution in [0, 0.1) is 11.3 Å². The third-order valence-corrected chi connectivity index (χ3v) is 1.78. The van der Waals surface area contributed by atoms with Crippen molar-refractivity contribution in [2.75, 3.05) is 6.61 Å². The normalized spacial score (nSPS) is 10.6. The lowest BCUT2D eigenvalue weighted by molar-refractivity contribution is -0.137. The zero-order valence-corrected chi connectivity index (χ0v) is 8.21. The van der Waals surface area contributed by atoms with Gasteiger partial charge in [-0.25, -0.2) is 0 Å². The molecule has 16 heavy (non-hydrogen) atoms. The molecule has 5 heteroatoms. The molecule has 0 N–H and O–H groups in total. The smallest absolute Gasteiger partial charge is 0.416 e. The number of hydrogen-bond acceptors (Lipinski definition) is 2. The summed E-state index contributed by atoms with van der Waals surface area (Å²) in [5, 5.41) is 8.68. The van der Waals surface area contributed by atoms with Gasteiger partial charge in [0.1, 0.15) is 18.4 Å². The van der Waals surface area contributed by atoms with Gasteiger partial charge in [0, 0.05) is 0 Å². The van der Waals surface area contributed by atoms with Crippen molar-refractivity contribution in [2.45, 2.75) is 6.18 Å². The minimum absolute atomic E-state index is 0.121. The van der Waals surface area contributed by atoms with Crippen molar-refractivity contribution in [1.29, 1.82) is 5.26 Å². The van der Waals surface area contributed by atoms with Gasteiger partial charge in [0.15, 0.2) is 0 Å². The third-order valence-electron chi connectivity index (χ3n) is 1.78. The van der Waals surface area contributed by atoms with Crippen molar-refractivity contribution < 1.29 is 17.9 Å². The minimum atomic E-state index is -4.46. The SMILES string of the molecule is C=CCOc1ccc(C(F)(F)F)cc1C#N. The second-order valence-electron chi connectivity index (χ2n) is 2.92. The monoisotopic (exact) mass is 227 g/mol. The van der Waals surface area contributed by atoms with E-state index in [1.165, 1.54) is 6.08 Å². The highest BCUT2D eigenvalue weighted by molar-refractivity contribution is 5.46. The maximum atomic E-state index is 12.3. The standard InChI is InChI=1S/C11H8F3NO/c1-2-5-16-10-4-3-9(11(12,13)14)6-8(10)7-15/h2-4,6H,1,5H2. The Kier molecular flexibility index (Phi) is 3.56. The first-order valence-electron chi connectivity index (χ1n) is 4.34. The van der Waals surface area contributed by atoms with Crippen LogP contribution in [0.5, 0.6) is 5.75 Å². The molecule has 0 aromatic heterocycles. The lowest BCUT2D eigenvalue weighted by atomic mass is 10.1. The summed E-state index contributed by atoms with van der Waals surface area (Å²) in [6, 6.07) is 4.42. The van der Waals surface area contributed by atoms with E-state index in [2.05, 4.69) is 6.58 Å². The summed E-state index contributed by atoms with van der Waals surface area (Å²) in [7, 11) is 0. The van der Waals surface area contributed by atoms with E-state index < -0.39 is 11.7 Å². The average molecular weight is 227 g/mol. The number of ether oxygens (including phenoxy) is 1. The first-order valence-corrected chi connectivity index (χ1v) is 4.34. The number of nitriles is 1. The maximum absolute atomic E-state index is 12.3. The molecule has 0 unspecified atom stereocenters. The second-order valence-corrected chi connectivity index (χ2v) is 2.92. The fourth-order valence-electron chi connectivity index (χ4n) is 1.07. The first kappa shape index (κ1) is 12.1. The summed E-state index contributed by atoms with van der Waals surface area (Å²) in [5.41, 5.74) is -1.01. The Labute approximate surface area is 90.6 Å². The molecule has 0 spiro atoms. The highest BCUT2D eigenvalue weighted by atomic mass is 19.4. The number of hydrogen-bond donors (Lipinski definition) is 0. The Balaban J connectivity index is 3.08. The molecule has 1 rings (SSSR count). The number of halogens is 3. The van der Waals surface area contributed by atoms with E-state index in [1.807, 2.05) is 0 Å². The Morgan fingerprint density at radius 3 is 2.62 bits per heavy atom. The minimum Gasteiger partial charge on any atom is -0.488 e. The van der Waals surface area contributed by atoms with Crippen molar-refractivity contribution in [3.63, 3.8) is 0 Å².